The zero-order chi connectivity index (χ0) is 23.6. The molecule has 0 bridgehead atoms. The molecule has 0 unspecified atom stereocenters. The van der Waals surface area contributed by atoms with E-state index >= 15 is 0 Å². The smallest absolute Gasteiger partial charge is 0.115 e. The molecule has 0 radical (unpaired) electrons. The monoisotopic (exact) mass is 459 g/mol. The van der Waals surface area contributed by atoms with Gasteiger partial charge in [0.25, 0.3) is 0 Å². The Morgan fingerprint density at radius 2 is 1.09 bits per heavy atom. The van der Waals surface area contributed by atoms with Crippen LogP contribution in [0.2, 0.25) is 0 Å². The number of nitrogens with one attached hydrogen (secondary N) is 1. The van der Waals surface area contributed by atoms with Crippen molar-refractivity contribution in [3.8, 4) is 0 Å². The van der Waals surface area contributed by atoms with E-state index in [0.29, 0.717) is 26.4 Å². The molecular formula is C29H33NO4. The first-order valence-corrected chi connectivity index (χ1v) is 11.7. The van der Waals surface area contributed by atoms with Gasteiger partial charge in [-0.3, -0.25) is 0 Å². The number of aliphatic hydroxyl groups is 1. The van der Waals surface area contributed by atoms with Crippen molar-refractivity contribution < 1.29 is 19.3 Å². The van der Waals surface area contributed by atoms with E-state index in [4.69, 9.17) is 14.2 Å². The van der Waals surface area contributed by atoms with Gasteiger partial charge in [-0.2, -0.15) is 0 Å². The van der Waals surface area contributed by atoms with Gasteiger partial charge in [0.05, 0.1) is 32.0 Å². The van der Waals surface area contributed by atoms with Crippen molar-refractivity contribution in [2.24, 2.45) is 0 Å². The van der Waals surface area contributed by atoms with Crippen LogP contribution in [0, 0.1) is 0 Å². The summed E-state index contributed by atoms with van der Waals surface area (Å²) < 4.78 is 19.2. The van der Waals surface area contributed by atoms with Gasteiger partial charge in [-0.05, 0) is 16.7 Å². The summed E-state index contributed by atoms with van der Waals surface area (Å²) in [6.45, 7) is 5.54. The highest BCUT2D eigenvalue weighted by Crippen LogP contribution is 2.25. The standard InChI is InChI=1S/C29H33NO4/c1-2-25-27(32-19-22-12-6-3-7-13-22)29(34-21-24-16-10-5-11-17-24)28(26(31)18-30-25)33-20-23-14-8-4-9-15-23/h2-17,25-31H,1,18-21H2/t25-,26+,27-,28+,29+/m0/s1. The van der Waals surface area contributed by atoms with Crippen molar-refractivity contribution in [3.63, 3.8) is 0 Å². The third kappa shape index (κ3) is 6.63. The van der Waals surface area contributed by atoms with Crippen LogP contribution in [0.5, 0.6) is 0 Å². The predicted molar refractivity (Wildman–Crippen MR) is 133 cm³/mol. The summed E-state index contributed by atoms with van der Waals surface area (Å²) in [6, 6.07) is 29.8. The van der Waals surface area contributed by atoms with Crippen LogP contribution in [0.3, 0.4) is 0 Å². The molecule has 0 spiro atoms. The van der Waals surface area contributed by atoms with Gasteiger partial charge in [-0.1, -0.05) is 97.1 Å². The lowest BCUT2D eigenvalue weighted by molar-refractivity contribution is -0.172. The van der Waals surface area contributed by atoms with Gasteiger partial charge >= 0.3 is 0 Å². The van der Waals surface area contributed by atoms with Crippen molar-refractivity contribution in [2.45, 2.75) is 50.3 Å². The summed E-state index contributed by atoms with van der Waals surface area (Å²) in [5, 5.41) is 14.4. The van der Waals surface area contributed by atoms with Crippen LogP contribution in [-0.2, 0) is 34.0 Å². The topological polar surface area (TPSA) is 60.0 Å². The van der Waals surface area contributed by atoms with Crippen LogP contribution in [0.4, 0.5) is 0 Å². The van der Waals surface area contributed by atoms with Crippen LogP contribution < -0.4 is 5.32 Å². The van der Waals surface area contributed by atoms with Gasteiger partial charge in [-0.15, -0.1) is 6.58 Å². The molecule has 1 aliphatic rings. The van der Waals surface area contributed by atoms with Gasteiger partial charge in [-0.25, -0.2) is 0 Å². The average molecular weight is 460 g/mol. The number of benzene rings is 3. The normalized spacial score (nSPS) is 24.9. The summed E-state index contributed by atoms with van der Waals surface area (Å²) in [4.78, 5) is 0. The molecule has 5 heteroatoms. The van der Waals surface area contributed by atoms with E-state index in [2.05, 4.69) is 11.9 Å². The Morgan fingerprint density at radius 1 is 0.676 bits per heavy atom. The summed E-state index contributed by atoms with van der Waals surface area (Å²) in [6.07, 6.45) is -0.444. The molecule has 4 rings (SSSR count). The third-order valence-electron chi connectivity index (χ3n) is 6.05. The maximum absolute atomic E-state index is 11.1. The highest BCUT2D eigenvalue weighted by Gasteiger charge is 2.43. The Kier molecular flexibility index (Phi) is 9.02. The van der Waals surface area contributed by atoms with Crippen LogP contribution in [0.25, 0.3) is 0 Å². The third-order valence-corrected chi connectivity index (χ3v) is 6.05. The van der Waals surface area contributed by atoms with Crippen LogP contribution in [0.1, 0.15) is 16.7 Å². The van der Waals surface area contributed by atoms with Gasteiger partial charge in [0.15, 0.2) is 0 Å². The van der Waals surface area contributed by atoms with Gasteiger partial charge in [0.2, 0.25) is 0 Å². The molecule has 34 heavy (non-hydrogen) atoms. The van der Waals surface area contributed by atoms with Crippen LogP contribution >= 0.6 is 0 Å². The minimum atomic E-state index is -0.766. The lowest BCUT2D eigenvalue weighted by atomic mass is 9.99. The highest BCUT2D eigenvalue weighted by molar-refractivity contribution is 5.16. The molecule has 1 saturated heterocycles. The fourth-order valence-electron chi connectivity index (χ4n) is 4.21. The number of hydrogen-bond donors (Lipinski definition) is 2. The SMILES string of the molecule is C=C[C@@H]1NC[C@@H](O)[C@@H](OCc2ccccc2)[C@H](OCc2ccccc2)[C@H]1OCc1ccccc1. The number of hydrogen-bond acceptors (Lipinski definition) is 5. The van der Waals surface area contributed by atoms with E-state index in [1.807, 2.05) is 97.1 Å². The maximum atomic E-state index is 11.1. The van der Waals surface area contributed by atoms with Crippen LogP contribution in [-0.4, -0.2) is 42.1 Å². The Labute approximate surface area is 202 Å². The second-order valence-electron chi connectivity index (χ2n) is 8.52. The average Bonchev–Trinajstić information content (AvgIpc) is 3.02. The van der Waals surface area contributed by atoms with Crippen molar-refractivity contribution in [2.75, 3.05) is 6.54 Å². The van der Waals surface area contributed by atoms with E-state index in [1.54, 1.807) is 0 Å². The zero-order valence-corrected chi connectivity index (χ0v) is 19.3. The molecule has 3 aromatic rings. The van der Waals surface area contributed by atoms with E-state index in [9.17, 15) is 5.11 Å². The van der Waals surface area contributed by atoms with Gasteiger partial charge in [0.1, 0.15) is 18.3 Å². The van der Waals surface area contributed by atoms with Gasteiger partial charge < -0.3 is 24.6 Å². The largest absolute Gasteiger partial charge is 0.389 e. The molecule has 1 aliphatic heterocycles. The quantitative estimate of drug-likeness (QED) is 0.444. The first-order valence-electron chi connectivity index (χ1n) is 11.7. The van der Waals surface area contributed by atoms with E-state index in [-0.39, 0.29) is 6.04 Å². The second-order valence-corrected chi connectivity index (χ2v) is 8.52. The molecule has 1 fully saturated rings. The summed E-state index contributed by atoms with van der Waals surface area (Å²) in [5.41, 5.74) is 3.15. The molecule has 0 amide bonds. The molecule has 0 aromatic heterocycles. The molecule has 5 atom stereocenters. The first-order chi connectivity index (χ1) is 16.7. The van der Waals surface area contributed by atoms with Gasteiger partial charge in [0, 0.05) is 6.54 Å². The molecule has 0 saturated carbocycles. The Morgan fingerprint density at radius 3 is 1.53 bits per heavy atom. The Hall–Kier alpha value is -2.80. The Balaban J connectivity index is 1.57. The molecule has 5 nitrogen and oxygen atoms in total. The molecule has 0 aliphatic carbocycles. The lowest BCUT2D eigenvalue weighted by Crippen LogP contribution is -2.50. The predicted octanol–water partition coefficient (Wildman–Crippen LogP) is 4.26. The minimum absolute atomic E-state index is 0.204. The van der Waals surface area contributed by atoms with Crippen molar-refractivity contribution >= 4 is 0 Å². The molecule has 2 N–H and O–H groups in total. The van der Waals surface area contributed by atoms with E-state index in [1.165, 1.54) is 0 Å². The molecule has 1 heterocycles. The minimum Gasteiger partial charge on any atom is -0.389 e. The second kappa shape index (κ2) is 12.6. The number of rotatable bonds is 10. The highest BCUT2D eigenvalue weighted by atomic mass is 16.6. The summed E-state index contributed by atoms with van der Waals surface area (Å²) in [5.74, 6) is 0. The fourth-order valence-corrected chi connectivity index (χ4v) is 4.21. The summed E-state index contributed by atoms with van der Waals surface area (Å²) >= 11 is 0. The number of ether oxygens (including phenoxy) is 3. The maximum Gasteiger partial charge on any atom is 0.115 e. The Bertz CT molecular complexity index is 983. The van der Waals surface area contributed by atoms with Crippen molar-refractivity contribution in [1.29, 1.82) is 0 Å². The fraction of sp³-hybridized carbons (Fsp3) is 0.310. The molecule has 3 aromatic carbocycles. The number of β-amino-alcohol motifs (C(OH)–C–C–N with tert-alkyl or cyclic N) is 1. The van der Waals surface area contributed by atoms with Crippen molar-refractivity contribution in [3.05, 3.63) is 120 Å². The first kappa shape index (κ1) is 24.3. The molecular weight excluding hydrogens is 426 g/mol. The van der Waals surface area contributed by atoms with E-state index in [0.717, 1.165) is 16.7 Å². The lowest BCUT2D eigenvalue weighted by Gasteiger charge is -2.35. The summed E-state index contributed by atoms with van der Waals surface area (Å²) in [7, 11) is 0. The van der Waals surface area contributed by atoms with Crippen LogP contribution in [0.15, 0.2) is 104 Å². The van der Waals surface area contributed by atoms with E-state index < -0.39 is 24.4 Å². The van der Waals surface area contributed by atoms with Crippen molar-refractivity contribution in [1.82, 2.24) is 5.32 Å². The molecule has 178 valence electrons. The number of aliphatic hydroxyl groups excluding tert-OH is 1. The zero-order valence-electron chi connectivity index (χ0n) is 19.3.